The van der Waals surface area contributed by atoms with Crippen molar-refractivity contribution in [3.05, 3.63) is 64.4 Å². The number of hydrogen-bond acceptors (Lipinski definition) is 4. The van der Waals surface area contributed by atoms with Crippen LogP contribution in [0.4, 0.5) is 0 Å². The lowest BCUT2D eigenvalue weighted by molar-refractivity contribution is -0.442. The Labute approximate surface area is 150 Å². The van der Waals surface area contributed by atoms with Gasteiger partial charge in [-0.3, -0.25) is 4.99 Å². The standard InChI is InChI=1S/C18H14ClN5O/c1-22-15-10-24(25)16(13-5-3-2-4-6-13)17(11-20)9-14(19)7-8-18(17,12-21)23-15/h2-9H,10H2,1H3,(H,22,23). The van der Waals surface area contributed by atoms with E-state index in [1.165, 1.54) is 19.2 Å². The van der Waals surface area contributed by atoms with E-state index in [0.29, 0.717) is 16.1 Å². The number of nitrogens with one attached hydrogen (secondary N) is 1. The second-order valence-electron chi connectivity index (χ2n) is 5.75. The molecule has 0 saturated carbocycles. The van der Waals surface area contributed by atoms with Crippen LogP contribution in [0.25, 0.3) is 0 Å². The summed E-state index contributed by atoms with van der Waals surface area (Å²) in [5.74, 6) is 0.318. The SMILES string of the molecule is CN=C1C[N+]([O-])=C(c2ccccc2)C2(C#N)C=C(Cl)C=CC2(C#N)N1. The van der Waals surface area contributed by atoms with Crippen LogP contribution < -0.4 is 5.32 Å². The Bertz CT molecular complexity index is 919. The van der Waals surface area contributed by atoms with Gasteiger partial charge in [0, 0.05) is 17.6 Å². The summed E-state index contributed by atoms with van der Waals surface area (Å²) >= 11 is 6.17. The van der Waals surface area contributed by atoms with Gasteiger partial charge in [-0.25, -0.2) is 0 Å². The van der Waals surface area contributed by atoms with Crippen molar-refractivity contribution in [2.45, 2.75) is 5.54 Å². The fraction of sp³-hybridized carbons (Fsp3) is 0.222. The average molecular weight is 352 g/mol. The minimum atomic E-state index is -1.61. The molecule has 1 aliphatic heterocycles. The van der Waals surface area contributed by atoms with Crippen molar-refractivity contribution in [2.24, 2.45) is 10.4 Å². The Morgan fingerprint density at radius 2 is 2.00 bits per heavy atom. The number of allylic oxidation sites excluding steroid dienone is 2. The fourth-order valence-electron chi connectivity index (χ4n) is 3.20. The highest BCUT2D eigenvalue weighted by Gasteiger charge is 2.61. The Kier molecular flexibility index (Phi) is 4.08. The van der Waals surface area contributed by atoms with Crippen molar-refractivity contribution in [1.29, 1.82) is 10.5 Å². The number of benzene rings is 1. The molecule has 0 radical (unpaired) electrons. The zero-order chi connectivity index (χ0) is 18.1. The quantitative estimate of drug-likeness (QED) is 0.618. The Balaban J connectivity index is 2.43. The first-order valence-corrected chi connectivity index (χ1v) is 7.91. The van der Waals surface area contributed by atoms with Crippen molar-refractivity contribution in [3.63, 3.8) is 0 Å². The summed E-state index contributed by atoms with van der Waals surface area (Å²) in [7, 11) is 1.53. The molecule has 3 rings (SSSR count). The van der Waals surface area contributed by atoms with E-state index in [1.807, 2.05) is 6.07 Å². The van der Waals surface area contributed by atoms with Crippen LogP contribution in [-0.4, -0.2) is 35.4 Å². The molecular weight excluding hydrogens is 338 g/mol. The molecule has 2 atom stereocenters. The van der Waals surface area contributed by atoms with Gasteiger partial charge < -0.3 is 10.5 Å². The van der Waals surface area contributed by atoms with E-state index in [4.69, 9.17) is 11.6 Å². The van der Waals surface area contributed by atoms with E-state index < -0.39 is 11.0 Å². The molecule has 2 aliphatic rings. The van der Waals surface area contributed by atoms with Crippen LogP contribution in [0.1, 0.15) is 5.56 Å². The van der Waals surface area contributed by atoms with Gasteiger partial charge in [0.2, 0.25) is 17.7 Å². The molecule has 0 spiro atoms. The van der Waals surface area contributed by atoms with Crippen LogP contribution in [-0.2, 0) is 0 Å². The average Bonchev–Trinajstić information content (AvgIpc) is 2.74. The van der Waals surface area contributed by atoms with Crippen LogP contribution in [0.5, 0.6) is 0 Å². The zero-order valence-electron chi connectivity index (χ0n) is 13.4. The van der Waals surface area contributed by atoms with Gasteiger partial charge in [0.1, 0.15) is 0 Å². The van der Waals surface area contributed by atoms with E-state index in [1.54, 1.807) is 30.3 Å². The topological polar surface area (TPSA) is 98.0 Å². The molecule has 1 N–H and O–H groups in total. The number of nitriles is 2. The highest BCUT2D eigenvalue weighted by molar-refractivity contribution is 6.32. The van der Waals surface area contributed by atoms with Gasteiger partial charge in [-0.15, -0.1) is 0 Å². The van der Waals surface area contributed by atoms with Gasteiger partial charge in [0.05, 0.1) is 12.1 Å². The lowest BCUT2D eigenvalue weighted by Gasteiger charge is -2.37. The van der Waals surface area contributed by atoms with Gasteiger partial charge in [-0.1, -0.05) is 29.8 Å². The van der Waals surface area contributed by atoms with Crippen molar-refractivity contribution in [1.82, 2.24) is 5.32 Å². The van der Waals surface area contributed by atoms with Crippen LogP contribution >= 0.6 is 11.6 Å². The number of hydroxylamine groups is 1. The molecule has 6 nitrogen and oxygen atoms in total. The molecule has 1 aromatic rings. The van der Waals surface area contributed by atoms with E-state index in [9.17, 15) is 15.7 Å². The van der Waals surface area contributed by atoms with Gasteiger partial charge in [0.15, 0.2) is 11.4 Å². The van der Waals surface area contributed by atoms with Crippen molar-refractivity contribution < 1.29 is 4.74 Å². The number of hydrogen-bond donors (Lipinski definition) is 1. The largest absolute Gasteiger partial charge is 0.623 e. The number of fused-ring (bicyclic) bond motifs is 1. The van der Waals surface area contributed by atoms with E-state index in [-0.39, 0.29) is 17.3 Å². The van der Waals surface area contributed by atoms with Crippen LogP contribution in [0.15, 0.2) is 58.6 Å². The Morgan fingerprint density at radius 3 is 2.60 bits per heavy atom. The monoisotopic (exact) mass is 351 g/mol. The number of aliphatic imine (C=N–C) groups is 1. The van der Waals surface area contributed by atoms with Gasteiger partial charge in [-0.05, 0) is 30.4 Å². The molecule has 1 aromatic carbocycles. The Morgan fingerprint density at radius 1 is 1.28 bits per heavy atom. The van der Waals surface area contributed by atoms with E-state index in [2.05, 4.69) is 22.4 Å². The molecule has 25 heavy (non-hydrogen) atoms. The number of nitrogens with zero attached hydrogens (tertiary/aromatic N) is 4. The molecule has 0 aromatic heterocycles. The first-order valence-electron chi connectivity index (χ1n) is 7.53. The maximum absolute atomic E-state index is 13.0. The molecule has 0 saturated heterocycles. The van der Waals surface area contributed by atoms with E-state index in [0.717, 1.165) is 0 Å². The minimum absolute atomic E-state index is 0.104. The molecule has 0 fully saturated rings. The third kappa shape index (κ3) is 2.39. The second-order valence-corrected chi connectivity index (χ2v) is 6.19. The van der Waals surface area contributed by atoms with Gasteiger partial charge >= 0.3 is 0 Å². The minimum Gasteiger partial charge on any atom is -0.623 e. The first kappa shape index (κ1) is 16.8. The fourth-order valence-corrected chi connectivity index (χ4v) is 3.43. The summed E-state index contributed by atoms with van der Waals surface area (Å²) < 4.78 is 0.701. The van der Waals surface area contributed by atoms with Crippen molar-refractivity contribution >= 4 is 23.1 Å². The van der Waals surface area contributed by atoms with Crippen molar-refractivity contribution in [2.75, 3.05) is 13.6 Å². The molecule has 1 heterocycles. The lowest BCUT2D eigenvalue weighted by Crippen LogP contribution is -2.60. The molecule has 0 bridgehead atoms. The van der Waals surface area contributed by atoms with E-state index >= 15 is 0 Å². The highest BCUT2D eigenvalue weighted by Crippen LogP contribution is 2.43. The van der Waals surface area contributed by atoms with Crippen LogP contribution in [0.2, 0.25) is 0 Å². The van der Waals surface area contributed by atoms with Crippen LogP contribution in [0.3, 0.4) is 0 Å². The summed E-state index contributed by atoms with van der Waals surface area (Å²) in [5, 5.41) is 36.3. The Hall–Kier alpha value is -3.09. The maximum atomic E-state index is 13.0. The number of halogens is 1. The first-order chi connectivity index (χ1) is 12.0. The highest BCUT2D eigenvalue weighted by atomic mass is 35.5. The number of amidine groups is 1. The smallest absolute Gasteiger partial charge is 0.223 e. The predicted molar refractivity (Wildman–Crippen MR) is 95.0 cm³/mol. The summed E-state index contributed by atoms with van der Waals surface area (Å²) in [6.45, 7) is -0.104. The summed E-state index contributed by atoms with van der Waals surface area (Å²) in [4.78, 5) is 4.06. The second kappa shape index (κ2) is 6.08. The molecule has 7 heteroatoms. The normalized spacial score (nSPS) is 29.8. The molecule has 124 valence electrons. The molecule has 1 aliphatic carbocycles. The van der Waals surface area contributed by atoms with Gasteiger partial charge in [0.25, 0.3) is 0 Å². The predicted octanol–water partition coefficient (Wildman–Crippen LogP) is 2.08. The summed E-state index contributed by atoms with van der Waals surface area (Å²) in [5.41, 5.74) is -2.40. The van der Waals surface area contributed by atoms with Crippen LogP contribution in [0, 0.1) is 33.3 Å². The lowest BCUT2D eigenvalue weighted by atomic mass is 9.64. The maximum Gasteiger partial charge on any atom is 0.223 e. The summed E-state index contributed by atoms with van der Waals surface area (Å²) in [6.07, 6.45) is 4.52. The summed E-state index contributed by atoms with van der Waals surface area (Å²) in [6, 6.07) is 13.2. The molecule has 2 unspecified atom stereocenters. The zero-order valence-corrected chi connectivity index (χ0v) is 14.2. The third-order valence-corrected chi connectivity index (χ3v) is 4.63. The number of rotatable bonds is 1. The van der Waals surface area contributed by atoms with Gasteiger partial charge in [-0.2, -0.15) is 15.3 Å². The third-order valence-electron chi connectivity index (χ3n) is 4.40. The molecular formula is C18H14ClN5O. The van der Waals surface area contributed by atoms with Crippen molar-refractivity contribution in [3.8, 4) is 12.1 Å². The molecule has 0 amide bonds.